The highest BCUT2D eigenvalue weighted by molar-refractivity contribution is 6.31. The van der Waals surface area contributed by atoms with E-state index in [4.69, 9.17) is 21.1 Å². The van der Waals surface area contributed by atoms with Crippen LogP contribution in [0, 0.1) is 0 Å². The first kappa shape index (κ1) is 25.6. The number of ether oxygens (including phenoxy) is 2. The molecule has 0 amide bonds. The summed E-state index contributed by atoms with van der Waals surface area (Å²) < 4.78 is 11.9. The molecule has 2 unspecified atom stereocenters. The number of carbonyl (C=O) groups is 1. The maximum absolute atomic E-state index is 11.2. The van der Waals surface area contributed by atoms with Crippen molar-refractivity contribution < 1.29 is 14.3 Å². The molecule has 3 nitrogen and oxygen atoms in total. The molecular formula is C30H33ClO3. The Morgan fingerprint density at radius 1 is 0.971 bits per heavy atom. The molecule has 0 saturated carbocycles. The Morgan fingerprint density at radius 2 is 1.68 bits per heavy atom. The van der Waals surface area contributed by atoms with Gasteiger partial charge < -0.3 is 9.47 Å². The molecule has 0 aromatic heterocycles. The van der Waals surface area contributed by atoms with Gasteiger partial charge in [0.25, 0.3) is 0 Å². The molecule has 0 aliphatic rings. The zero-order chi connectivity index (χ0) is 24.4. The zero-order valence-corrected chi connectivity index (χ0v) is 20.9. The fraction of sp³-hybridized carbons (Fsp3) is 0.300. The topological polar surface area (TPSA) is 35.5 Å². The number of carbonyl (C=O) groups excluding carboxylic acids is 1. The smallest absolute Gasteiger partial charge is 0.144 e. The third-order valence-corrected chi connectivity index (χ3v) is 6.71. The maximum Gasteiger partial charge on any atom is 0.144 e. The van der Waals surface area contributed by atoms with Gasteiger partial charge >= 0.3 is 0 Å². The molecule has 0 fully saturated rings. The summed E-state index contributed by atoms with van der Waals surface area (Å²) in [5.74, 6) is 2.48. The fourth-order valence-corrected chi connectivity index (χ4v) is 4.15. The molecule has 4 heteroatoms. The van der Waals surface area contributed by atoms with Gasteiger partial charge in [-0.25, -0.2) is 0 Å². The van der Waals surface area contributed by atoms with E-state index in [9.17, 15) is 4.79 Å². The molecular weight excluding hydrogens is 444 g/mol. The number of hydrogen-bond acceptors (Lipinski definition) is 3. The predicted octanol–water partition coefficient (Wildman–Crippen LogP) is 8.26. The Labute approximate surface area is 208 Å². The molecule has 3 rings (SSSR count). The van der Waals surface area contributed by atoms with Gasteiger partial charge in [0.05, 0.1) is 6.10 Å². The van der Waals surface area contributed by atoms with Gasteiger partial charge in [0, 0.05) is 10.4 Å². The van der Waals surface area contributed by atoms with Crippen molar-refractivity contribution in [1.82, 2.24) is 0 Å². The van der Waals surface area contributed by atoms with Gasteiger partial charge in [0.1, 0.15) is 23.5 Å². The Kier molecular flexibility index (Phi) is 9.35. The van der Waals surface area contributed by atoms with E-state index in [-0.39, 0.29) is 6.10 Å². The van der Waals surface area contributed by atoms with Crippen molar-refractivity contribution in [3.05, 3.63) is 101 Å². The number of rotatable bonds is 12. The van der Waals surface area contributed by atoms with Crippen LogP contribution in [-0.2, 0) is 16.6 Å². The van der Waals surface area contributed by atoms with Crippen molar-refractivity contribution in [3.8, 4) is 17.2 Å². The number of benzene rings is 3. The van der Waals surface area contributed by atoms with Gasteiger partial charge in [-0.2, -0.15) is 0 Å². The SMILES string of the molecule is CCC(C)Oc1ccc(C(C)(CCCc2cccc(Oc3ccccc3)c2)C(Cl)=CC=O)cc1. The Morgan fingerprint density at radius 3 is 2.35 bits per heavy atom. The van der Waals surface area contributed by atoms with Crippen LogP contribution in [-0.4, -0.2) is 12.4 Å². The van der Waals surface area contributed by atoms with E-state index in [0.29, 0.717) is 5.03 Å². The van der Waals surface area contributed by atoms with Crippen LogP contribution in [0.3, 0.4) is 0 Å². The summed E-state index contributed by atoms with van der Waals surface area (Å²) in [5, 5.41) is 0.541. The lowest BCUT2D eigenvalue weighted by Gasteiger charge is -2.30. The minimum atomic E-state index is -0.463. The molecule has 0 N–H and O–H groups in total. The summed E-state index contributed by atoms with van der Waals surface area (Å²) in [4.78, 5) is 11.2. The van der Waals surface area contributed by atoms with Crippen LogP contribution in [0.4, 0.5) is 0 Å². The molecule has 0 spiro atoms. The van der Waals surface area contributed by atoms with Gasteiger partial charge in [-0.15, -0.1) is 0 Å². The number of halogens is 1. The standard InChI is InChI=1S/C30H33ClO3/c1-4-23(2)33-27-17-15-25(16-18-27)30(3,29(31)19-21-32)20-9-11-24-10-8-14-28(22-24)34-26-12-6-5-7-13-26/h5-8,10,12-19,21-23H,4,9,11,20H2,1-3H3. The van der Waals surface area contributed by atoms with E-state index in [1.165, 1.54) is 11.6 Å². The van der Waals surface area contributed by atoms with Crippen molar-refractivity contribution in [1.29, 1.82) is 0 Å². The number of aldehydes is 1. The minimum absolute atomic E-state index is 0.164. The summed E-state index contributed by atoms with van der Waals surface area (Å²) in [6.45, 7) is 6.25. The van der Waals surface area contributed by atoms with Crippen molar-refractivity contribution in [2.45, 2.75) is 58.0 Å². The second-order valence-corrected chi connectivity index (χ2v) is 9.17. The second-order valence-electron chi connectivity index (χ2n) is 8.76. The van der Waals surface area contributed by atoms with Gasteiger partial charge in [-0.05, 0) is 86.2 Å². The highest BCUT2D eigenvalue weighted by atomic mass is 35.5. The second kappa shape index (κ2) is 12.4. The number of hydrogen-bond donors (Lipinski definition) is 0. The molecule has 0 heterocycles. The lowest BCUT2D eigenvalue weighted by Crippen LogP contribution is -2.23. The van der Waals surface area contributed by atoms with Gasteiger partial charge in [-0.3, -0.25) is 4.79 Å². The van der Waals surface area contributed by atoms with Crippen molar-refractivity contribution in [2.24, 2.45) is 0 Å². The van der Waals surface area contributed by atoms with Crippen LogP contribution in [0.5, 0.6) is 17.2 Å². The third kappa shape index (κ3) is 6.98. The lowest BCUT2D eigenvalue weighted by molar-refractivity contribution is -0.104. The number of aryl methyl sites for hydroxylation is 1. The Balaban J connectivity index is 1.70. The van der Waals surface area contributed by atoms with E-state index in [0.717, 1.165) is 54.8 Å². The van der Waals surface area contributed by atoms with E-state index in [1.54, 1.807) is 0 Å². The van der Waals surface area contributed by atoms with Crippen LogP contribution >= 0.6 is 11.6 Å². The predicted molar refractivity (Wildman–Crippen MR) is 140 cm³/mol. The molecule has 34 heavy (non-hydrogen) atoms. The molecule has 0 saturated heterocycles. The van der Waals surface area contributed by atoms with Crippen LogP contribution in [0.15, 0.2) is 90.0 Å². The van der Waals surface area contributed by atoms with E-state index >= 15 is 0 Å². The highest BCUT2D eigenvalue weighted by Crippen LogP contribution is 2.39. The molecule has 178 valence electrons. The van der Waals surface area contributed by atoms with Gasteiger partial charge in [-0.1, -0.05) is 67.9 Å². The monoisotopic (exact) mass is 476 g/mol. The lowest BCUT2D eigenvalue weighted by atomic mass is 9.77. The molecule has 3 aromatic rings. The first-order chi connectivity index (χ1) is 16.4. The molecule has 0 aliphatic heterocycles. The molecule has 0 bridgehead atoms. The average molecular weight is 477 g/mol. The minimum Gasteiger partial charge on any atom is -0.491 e. The van der Waals surface area contributed by atoms with Crippen molar-refractivity contribution in [2.75, 3.05) is 0 Å². The molecule has 0 radical (unpaired) electrons. The summed E-state index contributed by atoms with van der Waals surface area (Å²) in [6, 6.07) is 26.0. The normalized spacial score (nSPS) is 14.2. The largest absolute Gasteiger partial charge is 0.491 e. The van der Waals surface area contributed by atoms with E-state index in [1.807, 2.05) is 66.7 Å². The summed E-state index contributed by atoms with van der Waals surface area (Å²) in [7, 11) is 0. The maximum atomic E-state index is 11.2. The Bertz CT molecular complexity index is 1080. The quantitative estimate of drug-likeness (QED) is 0.195. The first-order valence-corrected chi connectivity index (χ1v) is 12.2. The summed E-state index contributed by atoms with van der Waals surface area (Å²) in [5.41, 5.74) is 1.80. The third-order valence-electron chi connectivity index (χ3n) is 6.16. The summed E-state index contributed by atoms with van der Waals surface area (Å²) in [6.07, 6.45) is 5.90. The van der Waals surface area contributed by atoms with Crippen molar-refractivity contribution >= 4 is 17.9 Å². The van der Waals surface area contributed by atoms with Crippen molar-refractivity contribution in [3.63, 3.8) is 0 Å². The molecule has 3 aromatic carbocycles. The van der Waals surface area contributed by atoms with Crippen LogP contribution in [0.2, 0.25) is 0 Å². The van der Waals surface area contributed by atoms with Gasteiger partial charge in [0.15, 0.2) is 0 Å². The fourth-order valence-electron chi connectivity index (χ4n) is 3.90. The average Bonchev–Trinajstić information content (AvgIpc) is 2.85. The van der Waals surface area contributed by atoms with Crippen LogP contribution < -0.4 is 9.47 Å². The molecule has 0 aliphatic carbocycles. The van der Waals surface area contributed by atoms with E-state index in [2.05, 4.69) is 32.9 Å². The first-order valence-electron chi connectivity index (χ1n) is 11.8. The zero-order valence-electron chi connectivity index (χ0n) is 20.2. The van der Waals surface area contributed by atoms with E-state index < -0.39 is 5.41 Å². The number of allylic oxidation sites excluding steroid dienone is 2. The Hall–Kier alpha value is -3.04. The number of para-hydroxylation sites is 1. The van der Waals surface area contributed by atoms with Crippen LogP contribution in [0.1, 0.15) is 51.2 Å². The van der Waals surface area contributed by atoms with Crippen LogP contribution in [0.25, 0.3) is 0 Å². The van der Waals surface area contributed by atoms with Gasteiger partial charge in [0.2, 0.25) is 0 Å². The summed E-state index contributed by atoms with van der Waals surface area (Å²) >= 11 is 6.65. The highest BCUT2D eigenvalue weighted by Gasteiger charge is 2.30. The molecule has 2 atom stereocenters.